The van der Waals surface area contributed by atoms with Gasteiger partial charge in [0.1, 0.15) is 0 Å². The van der Waals surface area contributed by atoms with Crippen molar-refractivity contribution in [2.24, 2.45) is 5.92 Å². The Morgan fingerprint density at radius 2 is 2.16 bits per heavy atom. The summed E-state index contributed by atoms with van der Waals surface area (Å²) >= 11 is 0. The molecule has 0 amide bonds. The number of halogens is 1. The van der Waals surface area contributed by atoms with Gasteiger partial charge in [-0.25, -0.2) is 0 Å². The van der Waals surface area contributed by atoms with Crippen molar-refractivity contribution in [2.75, 3.05) is 19.8 Å². The molecule has 1 N–H and O–H groups in total. The Bertz CT molecular complexity index is 376. The van der Waals surface area contributed by atoms with Gasteiger partial charge < -0.3 is 14.6 Å². The van der Waals surface area contributed by atoms with Crippen LogP contribution in [0.2, 0.25) is 0 Å². The van der Waals surface area contributed by atoms with Gasteiger partial charge in [-0.2, -0.15) is 4.98 Å². The first-order valence-corrected chi connectivity index (χ1v) is 7.05. The molecule has 1 saturated carbocycles. The second-order valence-electron chi connectivity index (χ2n) is 5.32. The predicted molar refractivity (Wildman–Crippen MR) is 73.4 cm³/mol. The highest BCUT2D eigenvalue weighted by molar-refractivity contribution is 5.85. The van der Waals surface area contributed by atoms with E-state index >= 15 is 0 Å². The summed E-state index contributed by atoms with van der Waals surface area (Å²) in [5.74, 6) is 2.33. The van der Waals surface area contributed by atoms with Gasteiger partial charge in [-0.05, 0) is 38.1 Å². The number of aromatic nitrogens is 2. The number of hydrogen-bond donors (Lipinski definition) is 1. The molecule has 6 heteroatoms. The maximum Gasteiger partial charge on any atom is 0.243 e. The van der Waals surface area contributed by atoms with Crippen LogP contribution in [0.1, 0.15) is 49.9 Å². The molecule has 1 aromatic heterocycles. The van der Waals surface area contributed by atoms with Gasteiger partial charge in [-0.15, -0.1) is 12.4 Å². The molecule has 0 radical (unpaired) electrons. The summed E-state index contributed by atoms with van der Waals surface area (Å²) in [7, 11) is 0. The van der Waals surface area contributed by atoms with Crippen LogP contribution in [0.5, 0.6) is 0 Å². The fraction of sp³-hybridized carbons (Fsp3) is 0.846. The Labute approximate surface area is 119 Å². The van der Waals surface area contributed by atoms with Crippen molar-refractivity contribution >= 4 is 12.4 Å². The van der Waals surface area contributed by atoms with Gasteiger partial charge in [0.15, 0.2) is 5.82 Å². The Hall–Kier alpha value is -0.650. The second kappa shape index (κ2) is 7.22. The first kappa shape index (κ1) is 14.8. The van der Waals surface area contributed by atoms with Crippen LogP contribution in [0.15, 0.2) is 4.52 Å². The van der Waals surface area contributed by atoms with Gasteiger partial charge >= 0.3 is 0 Å². The van der Waals surface area contributed by atoms with Crippen molar-refractivity contribution in [1.82, 2.24) is 15.5 Å². The molecule has 0 spiro atoms. The maximum atomic E-state index is 5.58. The first-order chi connectivity index (χ1) is 8.92. The third-order valence-corrected chi connectivity index (χ3v) is 3.61. The van der Waals surface area contributed by atoms with Gasteiger partial charge in [0.2, 0.25) is 5.89 Å². The average molecular weight is 288 g/mol. The maximum absolute atomic E-state index is 5.58. The predicted octanol–water partition coefficient (Wildman–Crippen LogP) is 2.28. The molecule has 1 aromatic rings. The highest BCUT2D eigenvalue weighted by Crippen LogP contribution is 2.28. The summed E-state index contributed by atoms with van der Waals surface area (Å²) in [5.41, 5.74) is 0. The molecular formula is C13H22ClN3O2. The summed E-state index contributed by atoms with van der Waals surface area (Å²) < 4.78 is 10.9. The molecular weight excluding hydrogens is 266 g/mol. The first-order valence-electron chi connectivity index (χ1n) is 7.05. The van der Waals surface area contributed by atoms with Crippen LogP contribution < -0.4 is 5.32 Å². The zero-order valence-corrected chi connectivity index (χ0v) is 12.0. The largest absolute Gasteiger partial charge is 0.381 e. The van der Waals surface area contributed by atoms with Gasteiger partial charge in [0.05, 0.1) is 12.6 Å². The summed E-state index contributed by atoms with van der Waals surface area (Å²) in [6, 6.07) is 0.257. The topological polar surface area (TPSA) is 60.2 Å². The van der Waals surface area contributed by atoms with Crippen molar-refractivity contribution < 1.29 is 9.26 Å². The van der Waals surface area contributed by atoms with Gasteiger partial charge in [0.25, 0.3) is 0 Å². The van der Waals surface area contributed by atoms with E-state index in [2.05, 4.69) is 15.5 Å². The molecule has 5 nitrogen and oxygen atoms in total. The zero-order chi connectivity index (χ0) is 12.2. The molecule has 1 aliphatic heterocycles. The van der Waals surface area contributed by atoms with Crippen LogP contribution in [0, 0.1) is 5.92 Å². The quantitative estimate of drug-likeness (QED) is 0.814. The number of rotatable bonds is 6. The Kier molecular flexibility index (Phi) is 5.60. The van der Waals surface area contributed by atoms with Gasteiger partial charge in [0, 0.05) is 13.0 Å². The van der Waals surface area contributed by atoms with E-state index < -0.39 is 0 Å². The standard InChI is InChI=1S/C13H21N3O2.ClH/c1-2-7-14-11(3-1)13-15-12(16-18-13)6-8-17-9-10-4-5-10;/h10-11,14H,1-9H2;1H. The minimum absolute atomic E-state index is 0. The fourth-order valence-corrected chi connectivity index (χ4v) is 2.27. The third-order valence-electron chi connectivity index (χ3n) is 3.61. The minimum atomic E-state index is 0. The normalized spacial score (nSPS) is 23.1. The van der Waals surface area contributed by atoms with Crippen molar-refractivity contribution in [1.29, 1.82) is 0 Å². The van der Waals surface area contributed by atoms with Crippen LogP contribution in [-0.4, -0.2) is 29.9 Å². The lowest BCUT2D eigenvalue weighted by molar-refractivity contribution is 0.125. The molecule has 0 bridgehead atoms. The molecule has 0 aromatic carbocycles. The molecule has 2 aliphatic rings. The highest BCUT2D eigenvalue weighted by atomic mass is 35.5. The van der Waals surface area contributed by atoms with E-state index in [1.807, 2.05) is 0 Å². The molecule has 108 valence electrons. The lowest BCUT2D eigenvalue weighted by Gasteiger charge is -2.19. The lowest BCUT2D eigenvalue weighted by atomic mass is 10.1. The second-order valence-corrected chi connectivity index (χ2v) is 5.32. The van der Waals surface area contributed by atoms with Crippen LogP contribution in [0.25, 0.3) is 0 Å². The van der Waals surface area contributed by atoms with Crippen LogP contribution in [0.4, 0.5) is 0 Å². The molecule has 1 saturated heterocycles. The van der Waals surface area contributed by atoms with E-state index in [1.54, 1.807) is 0 Å². The van der Waals surface area contributed by atoms with Crippen LogP contribution >= 0.6 is 12.4 Å². The minimum Gasteiger partial charge on any atom is -0.381 e. The highest BCUT2D eigenvalue weighted by Gasteiger charge is 2.22. The van der Waals surface area contributed by atoms with Gasteiger partial charge in [-0.1, -0.05) is 11.6 Å². The monoisotopic (exact) mass is 287 g/mol. The van der Waals surface area contributed by atoms with Crippen molar-refractivity contribution in [3.8, 4) is 0 Å². The Morgan fingerprint density at radius 1 is 1.26 bits per heavy atom. The van der Waals surface area contributed by atoms with E-state index in [0.717, 1.165) is 43.6 Å². The molecule has 2 fully saturated rings. The molecule has 1 aliphatic carbocycles. The Morgan fingerprint density at radius 3 is 2.89 bits per heavy atom. The van der Waals surface area contributed by atoms with Crippen LogP contribution in [-0.2, 0) is 11.2 Å². The number of ether oxygens (including phenoxy) is 1. The van der Waals surface area contributed by atoms with Crippen LogP contribution in [0.3, 0.4) is 0 Å². The summed E-state index contributed by atoms with van der Waals surface area (Å²) in [6.45, 7) is 2.65. The van der Waals surface area contributed by atoms with Crippen molar-refractivity contribution in [3.05, 3.63) is 11.7 Å². The number of piperidine rings is 1. The van der Waals surface area contributed by atoms with E-state index in [1.165, 1.54) is 25.7 Å². The summed E-state index contributed by atoms with van der Waals surface area (Å²) in [5, 5.41) is 7.43. The molecule has 3 rings (SSSR count). The summed E-state index contributed by atoms with van der Waals surface area (Å²) in [6.07, 6.45) is 6.99. The third kappa shape index (κ3) is 4.44. The molecule has 2 heterocycles. The summed E-state index contributed by atoms with van der Waals surface area (Å²) in [4.78, 5) is 4.45. The van der Waals surface area contributed by atoms with E-state index in [0.29, 0.717) is 6.61 Å². The smallest absolute Gasteiger partial charge is 0.243 e. The van der Waals surface area contributed by atoms with E-state index in [9.17, 15) is 0 Å². The van der Waals surface area contributed by atoms with Gasteiger partial charge in [-0.3, -0.25) is 0 Å². The fourth-order valence-electron chi connectivity index (χ4n) is 2.27. The molecule has 1 atom stereocenters. The van der Waals surface area contributed by atoms with E-state index in [4.69, 9.17) is 9.26 Å². The average Bonchev–Trinajstić information content (AvgIpc) is 3.12. The number of nitrogens with one attached hydrogen (secondary N) is 1. The SMILES string of the molecule is C1CCC(c2nc(CCOCC3CC3)no2)NC1.Cl. The van der Waals surface area contributed by atoms with Crippen molar-refractivity contribution in [2.45, 2.75) is 44.6 Å². The van der Waals surface area contributed by atoms with E-state index in [-0.39, 0.29) is 18.4 Å². The Balaban J connectivity index is 0.00000133. The number of nitrogens with zero attached hydrogens (tertiary/aromatic N) is 2. The lowest BCUT2D eigenvalue weighted by Crippen LogP contribution is -2.27. The zero-order valence-electron chi connectivity index (χ0n) is 11.1. The molecule has 19 heavy (non-hydrogen) atoms. The van der Waals surface area contributed by atoms with Crippen molar-refractivity contribution in [3.63, 3.8) is 0 Å². The molecule has 1 unspecified atom stereocenters. The number of hydrogen-bond acceptors (Lipinski definition) is 5.